The fraction of sp³-hybridized carbons (Fsp3) is 0.444. The molecule has 0 aliphatic carbocycles. The number of fused-ring (bicyclic) bond motifs is 3. The summed E-state index contributed by atoms with van der Waals surface area (Å²) in [5.41, 5.74) is 2.81. The van der Waals surface area contributed by atoms with Gasteiger partial charge in [0, 0.05) is 26.2 Å². The van der Waals surface area contributed by atoms with Gasteiger partial charge in [0.05, 0.1) is 33.7 Å². The van der Waals surface area contributed by atoms with Gasteiger partial charge in [0.2, 0.25) is 0 Å². The molecule has 1 fully saturated rings. The van der Waals surface area contributed by atoms with Crippen LogP contribution in [0.3, 0.4) is 0 Å². The lowest BCUT2D eigenvalue weighted by Gasteiger charge is -2.39. The number of likely N-dealkylation sites (N-methyl/N-ethyl adjacent to an activating group) is 1. The Bertz CT molecular complexity index is 888. The Balaban J connectivity index is 1.85. The lowest BCUT2D eigenvalue weighted by molar-refractivity contribution is 0.217. The second-order valence-electron chi connectivity index (χ2n) is 6.84. The molecule has 0 bridgehead atoms. The molecule has 0 N–H and O–H groups in total. The average Bonchev–Trinajstić information content (AvgIpc) is 2.63. The molecule has 1 aromatic carbocycles. The molecule has 0 saturated carbocycles. The molecule has 0 radical (unpaired) electrons. The number of halogens is 1. The molecule has 134 valence electrons. The van der Waals surface area contributed by atoms with E-state index in [1.165, 1.54) is 0 Å². The van der Waals surface area contributed by atoms with Crippen LogP contribution in [0, 0.1) is 11.3 Å². The monoisotopic (exact) mass is 369 g/mol. The zero-order chi connectivity index (χ0) is 18.4. The zero-order valence-electron chi connectivity index (χ0n) is 15.1. The van der Waals surface area contributed by atoms with Crippen molar-refractivity contribution < 1.29 is 0 Å². The van der Waals surface area contributed by atoms with Crippen molar-refractivity contribution in [3.05, 3.63) is 22.7 Å². The lowest BCUT2D eigenvalue weighted by atomic mass is 10.1. The number of hydrogen-bond acceptors (Lipinski definition) is 7. The van der Waals surface area contributed by atoms with Gasteiger partial charge in [0.25, 0.3) is 0 Å². The molecular formula is C18H20ClN7. The number of aliphatic imine (C=N–C) groups is 2. The van der Waals surface area contributed by atoms with Crippen LogP contribution in [0.2, 0.25) is 5.02 Å². The van der Waals surface area contributed by atoms with Crippen LogP contribution in [-0.2, 0) is 0 Å². The van der Waals surface area contributed by atoms with Crippen molar-refractivity contribution in [2.24, 2.45) is 15.1 Å². The number of hydrogen-bond donors (Lipinski definition) is 0. The first-order chi connectivity index (χ1) is 12.5. The molecule has 1 saturated heterocycles. The van der Waals surface area contributed by atoms with Crippen molar-refractivity contribution in [3.8, 4) is 6.07 Å². The molecule has 3 heterocycles. The minimum Gasteiger partial charge on any atom is -0.351 e. The maximum atomic E-state index is 9.31. The van der Waals surface area contributed by atoms with E-state index in [0.29, 0.717) is 16.3 Å². The Morgan fingerprint density at radius 1 is 1.19 bits per heavy atom. The second kappa shape index (κ2) is 6.38. The van der Waals surface area contributed by atoms with Crippen molar-refractivity contribution in [2.75, 3.05) is 38.2 Å². The largest absolute Gasteiger partial charge is 0.351 e. The molecule has 26 heavy (non-hydrogen) atoms. The summed E-state index contributed by atoms with van der Waals surface area (Å²) in [6.45, 7) is 7.71. The number of nitrogens with zero attached hydrogens (tertiary/aromatic N) is 7. The number of hydrazone groups is 1. The summed E-state index contributed by atoms with van der Waals surface area (Å²) in [6, 6.07) is 5.62. The summed E-state index contributed by atoms with van der Waals surface area (Å²) < 4.78 is 0. The Hall–Kier alpha value is -2.43. The topological polar surface area (TPSA) is 70.6 Å². The van der Waals surface area contributed by atoms with Gasteiger partial charge in [-0.05, 0) is 33.0 Å². The number of anilines is 1. The summed E-state index contributed by atoms with van der Waals surface area (Å²) in [4.78, 5) is 14.3. The highest BCUT2D eigenvalue weighted by Gasteiger charge is 2.35. The minimum absolute atomic E-state index is 0.00863. The van der Waals surface area contributed by atoms with Gasteiger partial charge in [-0.2, -0.15) is 10.4 Å². The third-order valence-electron chi connectivity index (χ3n) is 5.02. The molecule has 1 aromatic rings. The molecule has 1 atom stereocenters. The van der Waals surface area contributed by atoms with Crippen LogP contribution in [0.15, 0.2) is 27.2 Å². The molecule has 1 unspecified atom stereocenters. The molecule has 3 aliphatic heterocycles. The normalized spacial score (nSPS) is 22.7. The van der Waals surface area contributed by atoms with E-state index in [9.17, 15) is 5.26 Å². The van der Waals surface area contributed by atoms with E-state index in [4.69, 9.17) is 26.7 Å². The quantitative estimate of drug-likeness (QED) is 0.704. The van der Waals surface area contributed by atoms with Gasteiger partial charge in [0.1, 0.15) is 6.07 Å². The predicted molar refractivity (Wildman–Crippen MR) is 105 cm³/mol. The van der Waals surface area contributed by atoms with Gasteiger partial charge in [-0.25, -0.2) is 10.0 Å². The van der Waals surface area contributed by atoms with Crippen molar-refractivity contribution in [1.29, 1.82) is 5.26 Å². The highest BCUT2D eigenvalue weighted by atomic mass is 35.5. The van der Waals surface area contributed by atoms with Gasteiger partial charge in [-0.3, -0.25) is 4.99 Å². The third-order valence-corrected chi connectivity index (χ3v) is 5.33. The van der Waals surface area contributed by atoms with Crippen molar-refractivity contribution in [3.63, 3.8) is 0 Å². The molecular weight excluding hydrogens is 350 g/mol. The second-order valence-corrected chi connectivity index (χ2v) is 7.25. The van der Waals surface area contributed by atoms with Crippen LogP contribution in [0.5, 0.6) is 0 Å². The lowest BCUT2D eigenvalue weighted by Crippen LogP contribution is -2.54. The van der Waals surface area contributed by atoms with Gasteiger partial charge < -0.3 is 9.80 Å². The molecule has 4 rings (SSSR count). The molecule has 0 aromatic heterocycles. The summed E-state index contributed by atoms with van der Waals surface area (Å²) in [7, 11) is 2.12. The third kappa shape index (κ3) is 2.75. The number of nitriles is 1. The minimum atomic E-state index is 0.00863. The van der Waals surface area contributed by atoms with Gasteiger partial charge in [-0.1, -0.05) is 11.6 Å². The van der Waals surface area contributed by atoms with E-state index >= 15 is 0 Å². The van der Waals surface area contributed by atoms with E-state index in [2.05, 4.69) is 22.9 Å². The van der Waals surface area contributed by atoms with Crippen LogP contribution >= 0.6 is 11.6 Å². The fourth-order valence-electron chi connectivity index (χ4n) is 3.23. The zero-order valence-corrected chi connectivity index (χ0v) is 15.8. The van der Waals surface area contributed by atoms with Gasteiger partial charge >= 0.3 is 0 Å². The summed E-state index contributed by atoms with van der Waals surface area (Å²) in [6.07, 6.45) is 0. The summed E-state index contributed by atoms with van der Waals surface area (Å²) in [5.74, 6) is 1.57. The van der Waals surface area contributed by atoms with E-state index < -0.39 is 0 Å². The highest BCUT2D eigenvalue weighted by Crippen LogP contribution is 2.39. The van der Waals surface area contributed by atoms with Crippen LogP contribution in [-0.4, -0.2) is 66.5 Å². The molecule has 7 nitrogen and oxygen atoms in total. The van der Waals surface area contributed by atoms with Crippen molar-refractivity contribution in [2.45, 2.75) is 19.9 Å². The predicted octanol–water partition coefficient (Wildman–Crippen LogP) is 2.49. The number of piperazine rings is 1. The van der Waals surface area contributed by atoms with E-state index in [1.807, 2.05) is 18.9 Å². The Labute approximate surface area is 157 Å². The first kappa shape index (κ1) is 17.0. The van der Waals surface area contributed by atoms with Crippen LogP contribution in [0.25, 0.3) is 0 Å². The molecule has 0 amide bonds. The van der Waals surface area contributed by atoms with E-state index in [1.54, 1.807) is 12.1 Å². The first-order valence-electron chi connectivity index (χ1n) is 8.67. The standard InChI is InChI=1S/C18H20ClN7/c1-11-12(2)23-26-16-9-14(19)13(10-20)8-15(16)22-17(18(26)21-11)25-6-4-24(3)5-7-25/h8-9,11H,4-7H2,1-3H3. The van der Waals surface area contributed by atoms with Crippen LogP contribution in [0.4, 0.5) is 11.4 Å². The molecule has 0 spiro atoms. The Morgan fingerprint density at radius 2 is 1.92 bits per heavy atom. The number of rotatable bonds is 0. The summed E-state index contributed by atoms with van der Waals surface area (Å²) >= 11 is 6.26. The Morgan fingerprint density at radius 3 is 2.62 bits per heavy atom. The van der Waals surface area contributed by atoms with E-state index in [-0.39, 0.29) is 6.04 Å². The number of benzene rings is 1. The summed E-state index contributed by atoms with van der Waals surface area (Å²) in [5, 5.41) is 16.3. The first-order valence-corrected chi connectivity index (χ1v) is 9.05. The maximum absolute atomic E-state index is 9.31. The van der Waals surface area contributed by atoms with Crippen LogP contribution in [0.1, 0.15) is 19.4 Å². The highest BCUT2D eigenvalue weighted by molar-refractivity contribution is 6.48. The van der Waals surface area contributed by atoms with Crippen molar-refractivity contribution in [1.82, 2.24) is 9.80 Å². The van der Waals surface area contributed by atoms with Crippen LogP contribution < -0.4 is 5.01 Å². The number of amidine groups is 2. The molecule has 3 aliphatic rings. The SMILES string of the molecule is CC1=NN2C(=NC1C)C(N1CCN(C)CC1)=Nc1cc(C#N)c(Cl)cc12. The van der Waals surface area contributed by atoms with Crippen molar-refractivity contribution >= 4 is 40.4 Å². The van der Waals surface area contributed by atoms with Gasteiger partial charge in [0.15, 0.2) is 11.7 Å². The Kier molecular flexibility index (Phi) is 4.17. The fourth-order valence-corrected chi connectivity index (χ4v) is 3.43. The average molecular weight is 370 g/mol. The molecule has 8 heteroatoms. The van der Waals surface area contributed by atoms with Gasteiger partial charge in [-0.15, -0.1) is 0 Å². The van der Waals surface area contributed by atoms with E-state index in [0.717, 1.165) is 49.2 Å². The smallest absolute Gasteiger partial charge is 0.193 e. The maximum Gasteiger partial charge on any atom is 0.193 e.